The van der Waals surface area contributed by atoms with Crippen LogP contribution in [0.15, 0.2) is 36.4 Å². The molecule has 1 aromatic heterocycles. The van der Waals surface area contributed by atoms with Crippen LogP contribution in [0.5, 0.6) is 17.2 Å². The number of nitrogens with zero attached hydrogens (tertiary/aromatic N) is 3. The second-order valence-corrected chi connectivity index (χ2v) is 9.02. The minimum absolute atomic E-state index is 0. The van der Waals surface area contributed by atoms with Crippen molar-refractivity contribution in [2.24, 2.45) is 0 Å². The van der Waals surface area contributed by atoms with Gasteiger partial charge in [0.1, 0.15) is 5.75 Å². The van der Waals surface area contributed by atoms with Crippen LogP contribution in [0, 0.1) is 0 Å². The van der Waals surface area contributed by atoms with Crippen molar-refractivity contribution in [3.05, 3.63) is 42.0 Å². The maximum atomic E-state index is 13.6. The second-order valence-electron chi connectivity index (χ2n) is 8.01. The third-order valence-electron chi connectivity index (χ3n) is 5.23. The molecule has 2 aromatic carbocycles. The number of halogens is 1. The molecule has 0 aliphatic heterocycles. The summed E-state index contributed by atoms with van der Waals surface area (Å²) in [6, 6.07) is 11.1. The molecule has 9 heteroatoms. The Kier molecular flexibility index (Phi) is 10.9. The van der Waals surface area contributed by atoms with Crippen LogP contribution in [0.3, 0.4) is 0 Å². The van der Waals surface area contributed by atoms with Gasteiger partial charge in [-0.05, 0) is 38.7 Å². The van der Waals surface area contributed by atoms with Gasteiger partial charge < -0.3 is 19.1 Å². The molecule has 1 amide bonds. The lowest BCUT2D eigenvalue weighted by molar-refractivity contribution is 0.0984. The van der Waals surface area contributed by atoms with Crippen molar-refractivity contribution in [1.82, 2.24) is 9.88 Å². The number of fused-ring (bicyclic) bond motifs is 1. The minimum Gasteiger partial charge on any atom is -0.494 e. The summed E-state index contributed by atoms with van der Waals surface area (Å²) in [5, 5.41) is 0.640. The molecule has 0 aliphatic carbocycles. The van der Waals surface area contributed by atoms with E-state index in [-0.39, 0.29) is 18.3 Å². The van der Waals surface area contributed by atoms with Gasteiger partial charge in [0.15, 0.2) is 16.6 Å². The Balaban J connectivity index is 0.00000408. The van der Waals surface area contributed by atoms with Gasteiger partial charge >= 0.3 is 0 Å². The zero-order valence-electron chi connectivity index (χ0n) is 20.5. The predicted molar refractivity (Wildman–Crippen MR) is 142 cm³/mol. The molecule has 0 saturated carbocycles. The molecule has 0 spiro atoms. The van der Waals surface area contributed by atoms with Crippen LogP contribution >= 0.6 is 23.7 Å². The molecule has 0 radical (unpaired) electrons. The zero-order chi connectivity index (χ0) is 23.8. The molecular weight excluding hydrogens is 474 g/mol. The summed E-state index contributed by atoms with van der Waals surface area (Å²) in [6.07, 6.45) is 3.27. The van der Waals surface area contributed by atoms with Crippen LogP contribution in [0.4, 0.5) is 5.13 Å². The van der Waals surface area contributed by atoms with Gasteiger partial charge in [-0.3, -0.25) is 9.69 Å². The normalized spacial score (nSPS) is 10.8. The number of unbranched alkanes of at least 4 members (excludes halogenated alkanes) is 2. The zero-order valence-corrected chi connectivity index (χ0v) is 22.1. The number of hydrogen-bond donors (Lipinski definition) is 0. The largest absolute Gasteiger partial charge is 0.494 e. The fraction of sp³-hybridized carbons (Fsp3) is 0.440. The molecule has 1 heterocycles. The molecule has 0 fully saturated rings. The summed E-state index contributed by atoms with van der Waals surface area (Å²) in [4.78, 5) is 22.1. The van der Waals surface area contributed by atoms with E-state index < -0.39 is 0 Å². The van der Waals surface area contributed by atoms with Gasteiger partial charge in [-0.2, -0.15) is 0 Å². The average Bonchev–Trinajstić information content (AvgIpc) is 3.23. The van der Waals surface area contributed by atoms with Gasteiger partial charge in [0.25, 0.3) is 5.91 Å². The molecule has 0 unspecified atom stereocenters. The van der Waals surface area contributed by atoms with Crippen LogP contribution in [0.2, 0.25) is 0 Å². The van der Waals surface area contributed by atoms with Crippen molar-refractivity contribution in [3.63, 3.8) is 0 Å². The third-order valence-corrected chi connectivity index (χ3v) is 6.27. The van der Waals surface area contributed by atoms with E-state index in [2.05, 4.69) is 6.92 Å². The van der Waals surface area contributed by atoms with E-state index >= 15 is 0 Å². The second kappa shape index (κ2) is 13.4. The first-order chi connectivity index (χ1) is 16.0. The van der Waals surface area contributed by atoms with Gasteiger partial charge in [0.2, 0.25) is 0 Å². The van der Waals surface area contributed by atoms with Crippen molar-refractivity contribution in [3.8, 4) is 17.2 Å². The fourth-order valence-corrected chi connectivity index (χ4v) is 4.36. The van der Waals surface area contributed by atoms with Crippen molar-refractivity contribution >= 4 is 45.0 Å². The van der Waals surface area contributed by atoms with Crippen LogP contribution < -0.4 is 19.1 Å². The number of amides is 1. The lowest BCUT2D eigenvalue weighted by atomic mass is 10.2. The smallest absolute Gasteiger partial charge is 0.260 e. The number of anilines is 1. The van der Waals surface area contributed by atoms with E-state index in [1.807, 2.05) is 55.4 Å². The number of rotatable bonds is 12. The van der Waals surface area contributed by atoms with Crippen LogP contribution in [-0.2, 0) is 0 Å². The number of benzene rings is 2. The molecule has 0 saturated heterocycles. The summed E-state index contributed by atoms with van der Waals surface area (Å²) in [7, 11) is 7.18. The Hall–Kier alpha value is -2.55. The molecule has 0 atom stereocenters. The number of carbonyl (C=O) groups is 1. The Morgan fingerprint density at radius 3 is 2.44 bits per heavy atom. The standard InChI is InChI=1S/C25H33N3O4S.ClH/c1-6-7-8-14-32-19-11-9-10-18(15-19)24(29)28(13-12-27(2)3)25-26-20-16-21(30-4)22(31-5)17-23(20)33-25;/h9-11,15-17H,6-8,12-14H2,1-5H3;1H. The fourth-order valence-electron chi connectivity index (χ4n) is 3.36. The van der Waals surface area contributed by atoms with Gasteiger partial charge in [-0.25, -0.2) is 4.98 Å². The number of aromatic nitrogens is 1. The molecule has 34 heavy (non-hydrogen) atoms. The van der Waals surface area contributed by atoms with E-state index in [1.54, 1.807) is 19.1 Å². The van der Waals surface area contributed by atoms with Crippen LogP contribution in [-0.4, -0.2) is 63.8 Å². The SMILES string of the molecule is CCCCCOc1cccc(C(=O)N(CCN(C)C)c2nc3cc(OC)c(OC)cc3s2)c1.Cl. The van der Waals surface area contributed by atoms with Crippen molar-refractivity contribution in [2.45, 2.75) is 26.2 Å². The average molecular weight is 508 g/mol. The highest BCUT2D eigenvalue weighted by molar-refractivity contribution is 7.22. The van der Waals surface area contributed by atoms with Gasteiger partial charge in [0, 0.05) is 30.8 Å². The summed E-state index contributed by atoms with van der Waals surface area (Å²) < 4.78 is 17.6. The Labute approximate surface area is 212 Å². The molecule has 3 aromatic rings. The molecule has 0 N–H and O–H groups in total. The number of methoxy groups -OCH3 is 2. The van der Waals surface area contributed by atoms with E-state index in [0.29, 0.717) is 47.6 Å². The lowest BCUT2D eigenvalue weighted by Gasteiger charge is -2.22. The number of likely N-dealkylation sites (N-methyl/N-ethyl adjacent to an activating group) is 1. The molecule has 0 aliphatic rings. The number of ether oxygens (including phenoxy) is 3. The van der Waals surface area contributed by atoms with Crippen molar-refractivity contribution < 1.29 is 19.0 Å². The first-order valence-corrected chi connectivity index (χ1v) is 12.0. The predicted octanol–water partition coefficient (Wildman–Crippen LogP) is 5.51. The topological polar surface area (TPSA) is 64.1 Å². The molecule has 7 nitrogen and oxygen atoms in total. The number of hydrogen-bond acceptors (Lipinski definition) is 7. The van der Waals surface area contributed by atoms with E-state index in [4.69, 9.17) is 19.2 Å². The van der Waals surface area contributed by atoms with E-state index in [0.717, 1.165) is 29.5 Å². The number of thiazole rings is 1. The first-order valence-electron chi connectivity index (χ1n) is 11.2. The molecule has 0 bridgehead atoms. The highest BCUT2D eigenvalue weighted by Gasteiger charge is 2.23. The summed E-state index contributed by atoms with van der Waals surface area (Å²) in [5.41, 5.74) is 1.35. The maximum absolute atomic E-state index is 13.6. The Morgan fingerprint density at radius 1 is 1.03 bits per heavy atom. The van der Waals surface area contributed by atoms with Gasteiger partial charge in [-0.1, -0.05) is 37.2 Å². The number of carbonyl (C=O) groups excluding carboxylic acids is 1. The van der Waals surface area contributed by atoms with Gasteiger partial charge in [-0.15, -0.1) is 12.4 Å². The summed E-state index contributed by atoms with van der Waals surface area (Å²) >= 11 is 1.46. The van der Waals surface area contributed by atoms with Crippen molar-refractivity contribution in [2.75, 3.05) is 52.9 Å². The highest BCUT2D eigenvalue weighted by atomic mass is 35.5. The molecule has 3 rings (SSSR count). The van der Waals surface area contributed by atoms with E-state index in [9.17, 15) is 4.79 Å². The minimum atomic E-state index is -0.103. The quantitative estimate of drug-likeness (QED) is 0.301. The summed E-state index contributed by atoms with van der Waals surface area (Å²) in [5.74, 6) is 1.86. The third kappa shape index (κ3) is 6.98. The van der Waals surface area contributed by atoms with Crippen LogP contribution in [0.1, 0.15) is 36.5 Å². The lowest BCUT2D eigenvalue weighted by Crippen LogP contribution is -2.36. The van der Waals surface area contributed by atoms with Crippen LogP contribution in [0.25, 0.3) is 10.2 Å². The maximum Gasteiger partial charge on any atom is 0.260 e. The highest BCUT2D eigenvalue weighted by Crippen LogP contribution is 2.37. The van der Waals surface area contributed by atoms with E-state index in [1.165, 1.54) is 11.3 Å². The van der Waals surface area contributed by atoms with Gasteiger partial charge in [0.05, 0.1) is 31.0 Å². The van der Waals surface area contributed by atoms with Crippen molar-refractivity contribution in [1.29, 1.82) is 0 Å². The monoisotopic (exact) mass is 507 g/mol. The first kappa shape index (κ1) is 27.7. The molecular formula is C25H34ClN3O4S. The molecule has 186 valence electrons. The Morgan fingerprint density at radius 2 is 1.76 bits per heavy atom. The summed E-state index contributed by atoms with van der Waals surface area (Å²) in [6.45, 7) is 4.04. The Bertz CT molecular complexity index is 1030.